The fourth-order valence-electron chi connectivity index (χ4n) is 2.03. The third kappa shape index (κ3) is 2.12. The molecule has 2 aromatic carbocycles. The van der Waals surface area contributed by atoms with Gasteiger partial charge in [0.05, 0.1) is 0 Å². The Morgan fingerprint density at radius 2 is 1.89 bits per heavy atom. The van der Waals surface area contributed by atoms with Crippen LogP contribution in [-0.2, 0) is 6.54 Å². The van der Waals surface area contributed by atoms with Gasteiger partial charge in [0.1, 0.15) is 0 Å². The third-order valence-corrected chi connectivity index (χ3v) is 3.53. The number of hydrogen-bond acceptors (Lipinski definition) is 0. The van der Waals surface area contributed by atoms with Gasteiger partial charge in [-0.25, -0.2) is 0 Å². The highest BCUT2D eigenvalue weighted by atomic mass is 35.5. The Morgan fingerprint density at radius 3 is 2.72 bits per heavy atom. The van der Waals surface area contributed by atoms with Gasteiger partial charge < -0.3 is 4.57 Å². The van der Waals surface area contributed by atoms with Gasteiger partial charge in [0, 0.05) is 39.8 Å². The molecule has 0 atom stereocenters. The molecule has 89 valence electrons. The van der Waals surface area contributed by atoms with E-state index in [2.05, 4.69) is 22.8 Å². The van der Waals surface area contributed by atoms with Crippen LogP contribution < -0.4 is 0 Å². The first-order valence-electron chi connectivity index (χ1n) is 5.63. The van der Waals surface area contributed by atoms with Gasteiger partial charge in [0.2, 0.25) is 0 Å². The van der Waals surface area contributed by atoms with Crippen LogP contribution in [0.15, 0.2) is 48.7 Å². The molecule has 18 heavy (non-hydrogen) atoms. The highest BCUT2D eigenvalue weighted by molar-refractivity contribution is 6.35. The molecule has 1 nitrogen and oxygen atoms in total. The Kier molecular flexibility index (Phi) is 3.02. The summed E-state index contributed by atoms with van der Waals surface area (Å²) in [6, 6.07) is 17.0. The molecule has 1 radical (unpaired) electrons. The summed E-state index contributed by atoms with van der Waals surface area (Å²) in [5, 5.41) is 2.47. The van der Waals surface area contributed by atoms with E-state index in [1.54, 1.807) is 6.07 Å². The highest BCUT2D eigenvalue weighted by Crippen LogP contribution is 2.23. The average Bonchev–Trinajstić information content (AvgIpc) is 2.76. The van der Waals surface area contributed by atoms with Crippen LogP contribution in [0.4, 0.5) is 0 Å². The number of hydrogen-bond donors (Lipinski definition) is 0. The van der Waals surface area contributed by atoms with Crippen molar-refractivity contribution in [3.05, 3.63) is 70.3 Å². The maximum Gasteiger partial charge on any atom is 0.0491 e. The Hall–Kier alpha value is -1.44. The van der Waals surface area contributed by atoms with Gasteiger partial charge in [-0.05, 0) is 23.8 Å². The van der Waals surface area contributed by atoms with E-state index in [0.29, 0.717) is 10.0 Å². The van der Waals surface area contributed by atoms with Crippen molar-refractivity contribution in [3.63, 3.8) is 0 Å². The predicted octanol–water partition coefficient (Wildman–Crippen LogP) is 4.80. The van der Waals surface area contributed by atoms with Crippen LogP contribution in [0.25, 0.3) is 10.9 Å². The van der Waals surface area contributed by atoms with Gasteiger partial charge in [0.15, 0.2) is 0 Å². The minimum Gasteiger partial charge on any atom is -0.342 e. The van der Waals surface area contributed by atoms with Crippen molar-refractivity contribution in [1.29, 1.82) is 0 Å². The molecule has 0 aliphatic carbocycles. The number of rotatable bonds is 2. The number of aromatic nitrogens is 1. The molecule has 0 unspecified atom stereocenters. The Labute approximate surface area is 116 Å². The van der Waals surface area contributed by atoms with Crippen LogP contribution in [0.2, 0.25) is 10.0 Å². The summed E-state index contributed by atoms with van der Waals surface area (Å²) in [6.45, 7) is 0.722. The molecule has 3 rings (SSSR count). The Balaban J connectivity index is 2.01. The van der Waals surface area contributed by atoms with E-state index in [1.807, 2.05) is 30.5 Å². The van der Waals surface area contributed by atoms with E-state index in [4.69, 9.17) is 23.2 Å². The zero-order valence-corrected chi connectivity index (χ0v) is 11.0. The van der Waals surface area contributed by atoms with E-state index in [9.17, 15) is 0 Å². The summed E-state index contributed by atoms with van der Waals surface area (Å²) in [5.41, 5.74) is 2.21. The fraction of sp³-hybridized carbons (Fsp3) is 0.0667. The SMILES string of the molecule is Clc1ccc(Cn2c[c]c3ccccc32)c(Cl)c1. The maximum absolute atomic E-state index is 6.19. The van der Waals surface area contributed by atoms with Crippen LogP contribution >= 0.6 is 23.2 Å². The van der Waals surface area contributed by atoms with Gasteiger partial charge in [-0.3, -0.25) is 0 Å². The van der Waals surface area contributed by atoms with Crippen molar-refractivity contribution in [3.8, 4) is 0 Å². The molecule has 0 aliphatic rings. The quantitative estimate of drug-likeness (QED) is 0.633. The van der Waals surface area contributed by atoms with Gasteiger partial charge in [-0.15, -0.1) is 0 Å². The van der Waals surface area contributed by atoms with E-state index < -0.39 is 0 Å². The maximum atomic E-state index is 6.19. The van der Waals surface area contributed by atoms with Crippen LogP contribution in [0.3, 0.4) is 0 Å². The zero-order chi connectivity index (χ0) is 12.5. The van der Waals surface area contributed by atoms with E-state index >= 15 is 0 Å². The highest BCUT2D eigenvalue weighted by Gasteiger charge is 2.05. The van der Waals surface area contributed by atoms with Crippen molar-refractivity contribution < 1.29 is 0 Å². The van der Waals surface area contributed by atoms with Gasteiger partial charge >= 0.3 is 0 Å². The summed E-state index contributed by atoms with van der Waals surface area (Å²) < 4.78 is 2.13. The molecule has 3 aromatic rings. The van der Waals surface area contributed by atoms with E-state index in [1.165, 1.54) is 0 Å². The lowest BCUT2D eigenvalue weighted by molar-refractivity contribution is 0.836. The van der Waals surface area contributed by atoms with Crippen LogP contribution in [-0.4, -0.2) is 4.57 Å². The molecule has 0 amide bonds. The molecule has 0 N–H and O–H groups in total. The van der Waals surface area contributed by atoms with Gasteiger partial charge in [-0.1, -0.05) is 47.5 Å². The smallest absolute Gasteiger partial charge is 0.0491 e. The van der Waals surface area contributed by atoms with Crippen LogP contribution in [0.1, 0.15) is 5.56 Å². The normalized spacial score (nSPS) is 11.0. The van der Waals surface area contributed by atoms with Crippen LogP contribution in [0.5, 0.6) is 0 Å². The summed E-state index contributed by atoms with van der Waals surface area (Å²) in [4.78, 5) is 0. The Bertz CT molecular complexity index is 701. The Morgan fingerprint density at radius 1 is 1.06 bits per heavy atom. The summed E-state index contributed by atoms with van der Waals surface area (Å²) in [7, 11) is 0. The monoisotopic (exact) mass is 274 g/mol. The first-order chi connectivity index (χ1) is 8.74. The predicted molar refractivity (Wildman–Crippen MR) is 76.3 cm³/mol. The minimum atomic E-state index is 0.660. The summed E-state index contributed by atoms with van der Waals surface area (Å²) in [6.07, 6.45) is 1.95. The lowest BCUT2D eigenvalue weighted by Crippen LogP contribution is -1.98. The fourth-order valence-corrected chi connectivity index (χ4v) is 2.50. The van der Waals surface area contributed by atoms with E-state index in [0.717, 1.165) is 23.0 Å². The molecule has 3 heteroatoms. The summed E-state index contributed by atoms with van der Waals surface area (Å²) in [5.74, 6) is 0. The number of benzene rings is 2. The molecule has 0 saturated carbocycles. The minimum absolute atomic E-state index is 0.660. The van der Waals surface area contributed by atoms with Gasteiger partial charge in [-0.2, -0.15) is 0 Å². The number of fused-ring (bicyclic) bond motifs is 1. The van der Waals surface area contributed by atoms with Crippen molar-refractivity contribution in [1.82, 2.24) is 4.57 Å². The molecule has 0 bridgehead atoms. The molecule has 0 fully saturated rings. The zero-order valence-electron chi connectivity index (χ0n) is 9.53. The molecule has 1 heterocycles. The van der Waals surface area contributed by atoms with Crippen molar-refractivity contribution in [2.24, 2.45) is 0 Å². The largest absolute Gasteiger partial charge is 0.342 e. The molecule has 0 spiro atoms. The van der Waals surface area contributed by atoms with Crippen LogP contribution in [0, 0.1) is 6.07 Å². The lowest BCUT2D eigenvalue weighted by atomic mass is 10.2. The van der Waals surface area contributed by atoms with E-state index in [-0.39, 0.29) is 0 Å². The van der Waals surface area contributed by atoms with Crippen molar-refractivity contribution in [2.45, 2.75) is 6.54 Å². The summed E-state index contributed by atoms with van der Waals surface area (Å²) >= 11 is 12.1. The second-order valence-corrected chi connectivity index (χ2v) is 5.00. The van der Waals surface area contributed by atoms with Crippen molar-refractivity contribution >= 4 is 34.1 Å². The lowest BCUT2D eigenvalue weighted by Gasteiger charge is -2.07. The molecule has 0 aliphatic heterocycles. The topological polar surface area (TPSA) is 4.93 Å². The van der Waals surface area contributed by atoms with Gasteiger partial charge in [0.25, 0.3) is 0 Å². The first kappa shape index (κ1) is 11.6. The second kappa shape index (κ2) is 4.68. The molecule has 0 saturated heterocycles. The third-order valence-electron chi connectivity index (χ3n) is 2.95. The number of para-hydroxylation sites is 1. The molecular formula is C15H10Cl2N. The number of nitrogens with zero attached hydrogens (tertiary/aromatic N) is 1. The average molecular weight is 275 g/mol. The molecule has 1 aromatic heterocycles. The van der Waals surface area contributed by atoms with Crippen molar-refractivity contribution in [2.75, 3.05) is 0 Å². The first-order valence-corrected chi connectivity index (χ1v) is 6.39. The second-order valence-electron chi connectivity index (χ2n) is 4.15. The molecular weight excluding hydrogens is 265 g/mol. The number of halogens is 2. The standard InChI is InChI=1S/C15H10Cl2N/c16-13-6-5-12(14(17)9-13)10-18-8-7-11-3-1-2-4-15(11)18/h1-6,8-9H,10H2.